The standard InChI is InChI=1S/C19H17BrN4O/c20-13-7-9-14(10-8-13)23-19(25)17-6-3-11-24(17)18-15-4-1-2-5-16(15)21-12-22-18/h1-2,4-5,7-10,12,17H,3,6,11H2,(H,23,25)/t17-/m0/s1. The van der Waals surface area contributed by atoms with Crippen molar-refractivity contribution in [2.75, 3.05) is 16.8 Å². The van der Waals surface area contributed by atoms with Gasteiger partial charge in [-0.3, -0.25) is 4.79 Å². The zero-order valence-corrected chi connectivity index (χ0v) is 15.1. The second kappa shape index (κ2) is 6.80. The van der Waals surface area contributed by atoms with Crippen LogP contribution in [0, 0.1) is 0 Å². The highest BCUT2D eigenvalue weighted by Gasteiger charge is 2.32. The van der Waals surface area contributed by atoms with Crippen molar-refractivity contribution < 1.29 is 4.79 Å². The molecule has 0 radical (unpaired) electrons. The monoisotopic (exact) mass is 396 g/mol. The number of nitrogens with one attached hydrogen (secondary N) is 1. The molecule has 1 aromatic heterocycles. The average molecular weight is 397 g/mol. The van der Waals surface area contributed by atoms with Crippen LogP contribution in [0.4, 0.5) is 11.5 Å². The highest BCUT2D eigenvalue weighted by atomic mass is 79.9. The van der Waals surface area contributed by atoms with E-state index in [1.807, 2.05) is 48.5 Å². The lowest BCUT2D eigenvalue weighted by atomic mass is 10.1. The largest absolute Gasteiger partial charge is 0.344 e. The third-order valence-electron chi connectivity index (χ3n) is 4.46. The fraction of sp³-hybridized carbons (Fsp3) is 0.211. The molecule has 1 fully saturated rings. The predicted molar refractivity (Wildman–Crippen MR) is 103 cm³/mol. The maximum absolute atomic E-state index is 12.8. The number of aromatic nitrogens is 2. The number of carbonyl (C=O) groups is 1. The lowest BCUT2D eigenvalue weighted by Crippen LogP contribution is -2.40. The first-order valence-corrected chi connectivity index (χ1v) is 9.04. The third-order valence-corrected chi connectivity index (χ3v) is 4.99. The van der Waals surface area contributed by atoms with Gasteiger partial charge in [-0.1, -0.05) is 28.1 Å². The minimum Gasteiger partial charge on any atom is -0.344 e. The number of amides is 1. The minimum atomic E-state index is -0.220. The van der Waals surface area contributed by atoms with Crippen LogP contribution in [0.25, 0.3) is 10.9 Å². The highest BCUT2D eigenvalue weighted by molar-refractivity contribution is 9.10. The molecule has 1 saturated heterocycles. The molecule has 1 amide bonds. The first-order chi connectivity index (χ1) is 12.2. The molecular formula is C19H17BrN4O. The van der Waals surface area contributed by atoms with E-state index in [1.54, 1.807) is 6.33 Å². The second-order valence-electron chi connectivity index (χ2n) is 6.06. The van der Waals surface area contributed by atoms with Gasteiger partial charge in [0, 0.05) is 22.1 Å². The Hall–Kier alpha value is -2.47. The van der Waals surface area contributed by atoms with E-state index >= 15 is 0 Å². The second-order valence-corrected chi connectivity index (χ2v) is 6.98. The number of anilines is 2. The average Bonchev–Trinajstić information content (AvgIpc) is 3.13. The van der Waals surface area contributed by atoms with Gasteiger partial charge >= 0.3 is 0 Å². The number of benzene rings is 2. The molecule has 1 aliphatic heterocycles. The predicted octanol–water partition coefficient (Wildman–Crippen LogP) is 4.00. The van der Waals surface area contributed by atoms with E-state index in [9.17, 15) is 4.79 Å². The molecular weight excluding hydrogens is 380 g/mol. The van der Waals surface area contributed by atoms with Gasteiger partial charge in [0.1, 0.15) is 18.2 Å². The van der Waals surface area contributed by atoms with E-state index < -0.39 is 0 Å². The molecule has 1 N–H and O–H groups in total. The quantitative estimate of drug-likeness (QED) is 0.726. The summed E-state index contributed by atoms with van der Waals surface area (Å²) < 4.78 is 0.987. The van der Waals surface area contributed by atoms with Gasteiger partial charge in [-0.2, -0.15) is 0 Å². The molecule has 0 aliphatic carbocycles. The molecule has 1 atom stereocenters. The maximum atomic E-state index is 12.8. The Morgan fingerprint density at radius 2 is 1.92 bits per heavy atom. The molecule has 126 valence electrons. The molecule has 25 heavy (non-hydrogen) atoms. The van der Waals surface area contributed by atoms with Crippen LogP contribution in [0.15, 0.2) is 59.3 Å². The van der Waals surface area contributed by atoms with Crippen molar-refractivity contribution in [2.24, 2.45) is 0 Å². The van der Waals surface area contributed by atoms with Crippen molar-refractivity contribution in [3.63, 3.8) is 0 Å². The molecule has 0 unspecified atom stereocenters. The Morgan fingerprint density at radius 1 is 1.12 bits per heavy atom. The normalized spacial score (nSPS) is 17.0. The van der Waals surface area contributed by atoms with Gasteiger partial charge in [-0.15, -0.1) is 0 Å². The summed E-state index contributed by atoms with van der Waals surface area (Å²) in [6, 6.07) is 15.3. The van der Waals surface area contributed by atoms with E-state index in [4.69, 9.17) is 0 Å². The zero-order valence-electron chi connectivity index (χ0n) is 13.5. The van der Waals surface area contributed by atoms with Crippen LogP contribution in [0.5, 0.6) is 0 Å². The summed E-state index contributed by atoms with van der Waals surface area (Å²) in [4.78, 5) is 23.7. The zero-order chi connectivity index (χ0) is 17.2. The number of para-hydroxylation sites is 1. The van der Waals surface area contributed by atoms with Crippen molar-refractivity contribution in [2.45, 2.75) is 18.9 Å². The Labute approximate surface area is 154 Å². The van der Waals surface area contributed by atoms with E-state index in [-0.39, 0.29) is 11.9 Å². The number of nitrogens with zero attached hydrogens (tertiary/aromatic N) is 3. The van der Waals surface area contributed by atoms with Crippen LogP contribution >= 0.6 is 15.9 Å². The Morgan fingerprint density at radius 3 is 2.76 bits per heavy atom. The van der Waals surface area contributed by atoms with Gasteiger partial charge in [-0.05, 0) is 49.2 Å². The lowest BCUT2D eigenvalue weighted by molar-refractivity contribution is -0.117. The fourth-order valence-corrected chi connectivity index (χ4v) is 3.54. The number of fused-ring (bicyclic) bond motifs is 1. The lowest BCUT2D eigenvalue weighted by Gasteiger charge is -2.25. The molecule has 5 nitrogen and oxygen atoms in total. The van der Waals surface area contributed by atoms with E-state index in [0.29, 0.717) is 0 Å². The topological polar surface area (TPSA) is 58.1 Å². The van der Waals surface area contributed by atoms with Crippen LogP contribution in [0.3, 0.4) is 0 Å². The molecule has 0 spiro atoms. The summed E-state index contributed by atoms with van der Waals surface area (Å²) in [5, 5.41) is 3.99. The smallest absolute Gasteiger partial charge is 0.247 e. The van der Waals surface area contributed by atoms with E-state index in [2.05, 4.69) is 36.1 Å². The Kier molecular flexibility index (Phi) is 4.36. The number of hydrogen-bond acceptors (Lipinski definition) is 4. The van der Waals surface area contributed by atoms with Gasteiger partial charge < -0.3 is 10.2 Å². The number of halogens is 1. The first kappa shape index (κ1) is 16.0. The summed E-state index contributed by atoms with van der Waals surface area (Å²) in [6.07, 6.45) is 3.36. The van der Waals surface area contributed by atoms with Crippen LogP contribution in [0.2, 0.25) is 0 Å². The van der Waals surface area contributed by atoms with Crippen LogP contribution in [-0.2, 0) is 4.79 Å². The van der Waals surface area contributed by atoms with E-state index in [1.165, 1.54) is 0 Å². The summed E-state index contributed by atoms with van der Waals surface area (Å²) in [5.41, 5.74) is 1.69. The number of carbonyl (C=O) groups excluding carboxylic acids is 1. The van der Waals surface area contributed by atoms with Crippen molar-refractivity contribution in [1.29, 1.82) is 0 Å². The Balaban J connectivity index is 1.61. The first-order valence-electron chi connectivity index (χ1n) is 8.25. The van der Waals surface area contributed by atoms with Gasteiger partial charge in [-0.25, -0.2) is 9.97 Å². The van der Waals surface area contributed by atoms with Crippen molar-refractivity contribution in [3.8, 4) is 0 Å². The SMILES string of the molecule is O=C(Nc1ccc(Br)cc1)[C@@H]1CCCN1c1ncnc2ccccc12. The molecule has 2 heterocycles. The van der Waals surface area contributed by atoms with E-state index in [0.717, 1.165) is 46.3 Å². The van der Waals surface area contributed by atoms with Gasteiger partial charge in [0.15, 0.2) is 0 Å². The van der Waals surface area contributed by atoms with Gasteiger partial charge in [0.25, 0.3) is 0 Å². The van der Waals surface area contributed by atoms with Crippen LogP contribution < -0.4 is 10.2 Å². The molecule has 0 bridgehead atoms. The summed E-state index contributed by atoms with van der Waals surface area (Å²) in [7, 11) is 0. The number of rotatable bonds is 3. The molecule has 2 aromatic carbocycles. The van der Waals surface area contributed by atoms with Crippen molar-refractivity contribution in [3.05, 3.63) is 59.3 Å². The number of hydrogen-bond donors (Lipinski definition) is 1. The molecule has 6 heteroatoms. The summed E-state index contributed by atoms with van der Waals surface area (Å²) in [5.74, 6) is 0.835. The highest BCUT2D eigenvalue weighted by Crippen LogP contribution is 2.30. The summed E-state index contributed by atoms with van der Waals surface area (Å²) in [6.45, 7) is 0.819. The molecule has 4 rings (SSSR count). The fourth-order valence-electron chi connectivity index (χ4n) is 3.27. The molecule has 0 saturated carbocycles. The van der Waals surface area contributed by atoms with Gasteiger partial charge in [0.2, 0.25) is 5.91 Å². The summed E-state index contributed by atoms with van der Waals surface area (Å²) >= 11 is 3.41. The van der Waals surface area contributed by atoms with Crippen LogP contribution in [-0.4, -0.2) is 28.5 Å². The molecule has 1 aliphatic rings. The van der Waals surface area contributed by atoms with Crippen molar-refractivity contribution >= 4 is 44.2 Å². The van der Waals surface area contributed by atoms with Crippen LogP contribution in [0.1, 0.15) is 12.8 Å². The maximum Gasteiger partial charge on any atom is 0.247 e. The third kappa shape index (κ3) is 3.22. The van der Waals surface area contributed by atoms with Gasteiger partial charge in [0.05, 0.1) is 5.52 Å². The van der Waals surface area contributed by atoms with Crippen molar-refractivity contribution in [1.82, 2.24) is 9.97 Å². The molecule has 3 aromatic rings. The minimum absolute atomic E-state index is 0.00233. The Bertz CT molecular complexity index is 907.